The molecule has 0 spiro atoms. The van der Waals surface area contributed by atoms with E-state index in [0.29, 0.717) is 11.1 Å². The molecule has 1 N–H and O–H groups in total. The van der Waals surface area contributed by atoms with Crippen molar-refractivity contribution in [2.24, 2.45) is 0 Å². The Morgan fingerprint density at radius 2 is 2.10 bits per heavy atom. The minimum atomic E-state index is -0.206. The summed E-state index contributed by atoms with van der Waals surface area (Å²) in [6.07, 6.45) is 4.14. The van der Waals surface area contributed by atoms with Crippen molar-refractivity contribution in [3.8, 4) is 0 Å². The fourth-order valence-electron chi connectivity index (χ4n) is 2.28. The average Bonchev–Trinajstić information content (AvgIpc) is 2.45. The van der Waals surface area contributed by atoms with Crippen LogP contribution in [0.3, 0.4) is 0 Å². The van der Waals surface area contributed by atoms with Gasteiger partial charge in [-0.05, 0) is 35.7 Å². The van der Waals surface area contributed by atoms with Gasteiger partial charge in [-0.15, -0.1) is 0 Å². The van der Waals surface area contributed by atoms with Gasteiger partial charge in [0.05, 0.1) is 5.02 Å². The zero-order valence-electron chi connectivity index (χ0n) is 12.3. The molecule has 0 saturated heterocycles. The van der Waals surface area contributed by atoms with E-state index in [9.17, 15) is 4.39 Å². The number of hydrogen-bond acceptors (Lipinski definition) is 2. The zero-order valence-corrected chi connectivity index (χ0v) is 13.1. The normalized spacial score (nSPS) is 12.6. The number of pyridine rings is 1. The third-order valence-corrected chi connectivity index (χ3v) is 3.76. The summed E-state index contributed by atoms with van der Waals surface area (Å²) >= 11 is 6.19. The molecule has 0 aliphatic rings. The highest BCUT2D eigenvalue weighted by Gasteiger charge is 2.15. The topological polar surface area (TPSA) is 24.9 Å². The van der Waals surface area contributed by atoms with Crippen molar-refractivity contribution in [3.63, 3.8) is 0 Å². The van der Waals surface area contributed by atoms with Crippen LogP contribution >= 0.6 is 11.6 Å². The van der Waals surface area contributed by atoms with Gasteiger partial charge in [-0.2, -0.15) is 0 Å². The molecule has 2 rings (SSSR count). The van der Waals surface area contributed by atoms with Crippen molar-refractivity contribution >= 4 is 11.6 Å². The highest BCUT2D eigenvalue weighted by Crippen LogP contribution is 2.25. The zero-order chi connectivity index (χ0) is 15.2. The molecule has 1 aromatic carbocycles. The van der Waals surface area contributed by atoms with Gasteiger partial charge in [0.25, 0.3) is 0 Å². The van der Waals surface area contributed by atoms with Gasteiger partial charge >= 0.3 is 0 Å². The maximum Gasteiger partial charge on any atom is 0.123 e. The third-order valence-electron chi connectivity index (χ3n) is 3.42. The molecule has 2 aromatic rings. The summed E-state index contributed by atoms with van der Waals surface area (Å²) in [5.74, 6) is -0.0362. The Hall–Kier alpha value is -1.45. The molecule has 0 aliphatic carbocycles. The van der Waals surface area contributed by atoms with Crippen LogP contribution in [0, 0.1) is 5.82 Å². The fourth-order valence-corrected chi connectivity index (χ4v) is 2.48. The van der Waals surface area contributed by atoms with Crippen LogP contribution in [-0.4, -0.2) is 17.6 Å². The van der Waals surface area contributed by atoms with Gasteiger partial charge < -0.3 is 5.32 Å². The summed E-state index contributed by atoms with van der Waals surface area (Å²) in [4.78, 5) is 4.01. The quantitative estimate of drug-likeness (QED) is 0.865. The van der Waals surface area contributed by atoms with Crippen LogP contribution in [0.5, 0.6) is 0 Å². The Balaban J connectivity index is 2.21. The molecule has 1 unspecified atom stereocenters. The van der Waals surface area contributed by atoms with Crippen molar-refractivity contribution < 1.29 is 4.39 Å². The number of benzene rings is 1. The van der Waals surface area contributed by atoms with Gasteiger partial charge in [0.2, 0.25) is 0 Å². The van der Waals surface area contributed by atoms with Crippen LogP contribution in [0.4, 0.5) is 4.39 Å². The first-order valence-corrected chi connectivity index (χ1v) is 7.51. The number of nitrogens with one attached hydrogen (secondary N) is 1. The molecule has 0 fully saturated rings. The van der Waals surface area contributed by atoms with Crippen LogP contribution in [-0.2, 0) is 6.42 Å². The predicted octanol–water partition coefficient (Wildman–Crippen LogP) is 4.20. The standard InChI is InChI=1S/C17H20ClFN2/c1-12(2)21-10-15(13-4-3-5-16(19)9-13)8-14-6-7-20-11-17(14)18/h3-7,9,11-12,15,21H,8,10H2,1-2H3. The van der Waals surface area contributed by atoms with Gasteiger partial charge in [0.15, 0.2) is 0 Å². The summed E-state index contributed by atoms with van der Waals surface area (Å²) in [5, 5.41) is 4.08. The van der Waals surface area contributed by atoms with Gasteiger partial charge in [0, 0.05) is 30.9 Å². The molecule has 2 nitrogen and oxygen atoms in total. The summed E-state index contributed by atoms with van der Waals surface area (Å²) in [7, 11) is 0. The van der Waals surface area contributed by atoms with Crippen molar-refractivity contribution in [1.29, 1.82) is 0 Å². The molecule has 1 heterocycles. The summed E-state index contributed by atoms with van der Waals surface area (Å²) < 4.78 is 13.5. The lowest BCUT2D eigenvalue weighted by Crippen LogP contribution is -2.29. The number of hydrogen-bond donors (Lipinski definition) is 1. The Kier molecular flexibility index (Phi) is 5.71. The van der Waals surface area contributed by atoms with E-state index in [0.717, 1.165) is 24.1 Å². The second kappa shape index (κ2) is 7.53. The Bertz CT molecular complexity index is 587. The second-order valence-electron chi connectivity index (χ2n) is 5.49. The maximum absolute atomic E-state index is 13.5. The molecule has 0 aliphatic heterocycles. The Labute approximate surface area is 130 Å². The van der Waals surface area contributed by atoms with Crippen molar-refractivity contribution in [3.05, 3.63) is 64.7 Å². The van der Waals surface area contributed by atoms with E-state index >= 15 is 0 Å². The lowest BCUT2D eigenvalue weighted by Gasteiger charge is -2.20. The third kappa shape index (κ3) is 4.80. The van der Waals surface area contributed by atoms with Crippen molar-refractivity contribution in [2.75, 3.05) is 6.54 Å². The smallest absolute Gasteiger partial charge is 0.123 e. The van der Waals surface area contributed by atoms with Crippen LogP contribution in [0.1, 0.15) is 30.9 Å². The molecule has 4 heteroatoms. The van der Waals surface area contributed by atoms with Gasteiger partial charge in [-0.25, -0.2) is 4.39 Å². The monoisotopic (exact) mass is 306 g/mol. The van der Waals surface area contributed by atoms with E-state index in [1.165, 1.54) is 6.07 Å². The second-order valence-corrected chi connectivity index (χ2v) is 5.89. The maximum atomic E-state index is 13.5. The average molecular weight is 307 g/mol. The highest BCUT2D eigenvalue weighted by atomic mass is 35.5. The minimum absolute atomic E-state index is 0.169. The van der Waals surface area contributed by atoms with Crippen LogP contribution in [0.2, 0.25) is 5.02 Å². The largest absolute Gasteiger partial charge is 0.314 e. The first kappa shape index (κ1) is 15.9. The first-order valence-electron chi connectivity index (χ1n) is 7.13. The van der Waals surface area contributed by atoms with E-state index in [4.69, 9.17) is 11.6 Å². The summed E-state index contributed by atoms with van der Waals surface area (Å²) in [6.45, 7) is 4.98. The Morgan fingerprint density at radius 1 is 1.29 bits per heavy atom. The van der Waals surface area contributed by atoms with E-state index in [2.05, 4.69) is 24.1 Å². The molecule has 0 bridgehead atoms. The number of aromatic nitrogens is 1. The number of nitrogens with zero attached hydrogens (tertiary/aromatic N) is 1. The SMILES string of the molecule is CC(C)NCC(Cc1ccncc1Cl)c1cccc(F)c1. The first-order chi connectivity index (χ1) is 10.1. The molecular weight excluding hydrogens is 287 g/mol. The number of rotatable bonds is 6. The molecule has 21 heavy (non-hydrogen) atoms. The molecule has 0 amide bonds. The van der Waals surface area contributed by atoms with Crippen molar-refractivity contribution in [2.45, 2.75) is 32.2 Å². The fraction of sp³-hybridized carbons (Fsp3) is 0.353. The van der Waals surface area contributed by atoms with Gasteiger partial charge in [0.1, 0.15) is 5.82 Å². The van der Waals surface area contributed by atoms with E-state index in [1.807, 2.05) is 12.1 Å². The van der Waals surface area contributed by atoms with Crippen LogP contribution < -0.4 is 5.32 Å². The lowest BCUT2D eigenvalue weighted by atomic mass is 9.92. The van der Waals surface area contributed by atoms with Gasteiger partial charge in [-0.1, -0.05) is 37.6 Å². The van der Waals surface area contributed by atoms with Crippen LogP contribution in [0.15, 0.2) is 42.7 Å². The molecule has 1 atom stereocenters. The summed E-state index contributed by atoms with van der Waals surface area (Å²) in [5.41, 5.74) is 2.02. The lowest BCUT2D eigenvalue weighted by molar-refractivity contribution is 0.524. The van der Waals surface area contributed by atoms with E-state index in [-0.39, 0.29) is 11.7 Å². The number of halogens is 2. The molecule has 112 valence electrons. The molecular formula is C17H20ClFN2. The van der Waals surface area contributed by atoms with Crippen LogP contribution in [0.25, 0.3) is 0 Å². The molecule has 0 saturated carbocycles. The molecule has 0 radical (unpaired) electrons. The van der Waals surface area contributed by atoms with E-state index in [1.54, 1.807) is 24.5 Å². The minimum Gasteiger partial charge on any atom is -0.314 e. The van der Waals surface area contributed by atoms with E-state index < -0.39 is 0 Å². The van der Waals surface area contributed by atoms with Gasteiger partial charge in [-0.3, -0.25) is 4.98 Å². The predicted molar refractivity (Wildman–Crippen MR) is 85.2 cm³/mol. The highest BCUT2D eigenvalue weighted by molar-refractivity contribution is 6.31. The molecule has 1 aromatic heterocycles. The van der Waals surface area contributed by atoms with Crippen molar-refractivity contribution in [1.82, 2.24) is 10.3 Å². The summed E-state index contributed by atoms with van der Waals surface area (Å²) in [6, 6.07) is 9.09. The Morgan fingerprint density at radius 3 is 2.76 bits per heavy atom.